The summed E-state index contributed by atoms with van der Waals surface area (Å²) < 4.78 is 6.04. The maximum absolute atomic E-state index is 14.4. The highest BCUT2D eigenvalue weighted by Gasteiger charge is 2.50. The van der Waals surface area contributed by atoms with E-state index in [1.165, 1.54) is 0 Å². The summed E-state index contributed by atoms with van der Waals surface area (Å²) in [6.07, 6.45) is 3.57. The van der Waals surface area contributed by atoms with E-state index in [1.54, 1.807) is 11.1 Å². The van der Waals surface area contributed by atoms with Crippen LogP contribution in [0.25, 0.3) is 11.1 Å². The molecule has 6 rings (SSSR count). The van der Waals surface area contributed by atoms with E-state index in [9.17, 15) is 9.59 Å². The van der Waals surface area contributed by atoms with Crippen LogP contribution in [-0.4, -0.2) is 38.2 Å². The Morgan fingerprint density at radius 2 is 1.46 bits per heavy atom. The number of nitrogens with zero attached hydrogens (tertiary/aromatic N) is 3. The fourth-order valence-electron chi connectivity index (χ4n) is 5.84. The zero-order valence-electron chi connectivity index (χ0n) is 23.8. The molecule has 7 heteroatoms. The number of carbonyl (C=O) groups is 2. The first kappa shape index (κ1) is 27.1. The average molecular weight is 562 g/mol. The van der Waals surface area contributed by atoms with Crippen LogP contribution in [0, 0.1) is 0 Å². The van der Waals surface area contributed by atoms with Crippen LogP contribution in [0.5, 0.6) is 0 Å². The summed E-state index contributed by atoms with van der Waals surface area (Å²) in [5, 5.41) is 0. The SMILES string of the molecule is C[Si](C)(C)CCOCN1C(=O)[C@H]([C@@H]2C(=O)N(Cc3ccccc3)c3ccc(-c4cccnc4)cc32)c2ccccc21. The Hall–Kier alpha value is -4.07. The van der Waals surface area contributed by atoms with Gasteiger partial charge in [0, 0.05) is 32.8 Å². The molecule has 2 amide bonds. The second-order valence-electron chi connectivity index (χ2n) is 12.1. The summed E-state index contributed by atoms with van der Waals surface area (Å²) in [4.78, 5) is 36.4. The van der Waals surface area contributed by atoms with Gasteiger partial charge in [-0.1, -0.05) is 80.3 Å². The maximum Gasteiger partial charge on any atom is 0.237 e. The molecule has 0 unspecified atom stereocenters. The van der Waals surface area contributed by atoms with E-state index in [0.717, 1.165) is 45.2 Å². The van der Waals surface area contributed by atoms with E-state index in [0.29, 0.717) is 13.2 Å². The number of amides is 2. The number of pyridine rings is 1. The van der Waals surface area contributed by atoms with Crippen LogP contribution in [0.2, 0.25) is 25.7 Å². The van der Waals surface area contributed by atoms with E-state index in [2.05, 4.69) is 30.7 Å². The number of aromatic nitrogens is 1. The molecule has 41 heavy (non-hydrogen) atoms. The second-order valence-corrected chi connectivity index (χ2v) is 17.7. The zero-order valence-corrected chi connectivity index (χ0v) is 24.8. The van der Waals surface area contributed by atoms with E-state index >= 15 is 0 Å². The molecule has 0 saturated carbocycles. The Balaban J connectivity index is 1.38. The summed E-state index contributed by atoms with van der Waals surface area (Å²) >= 11 is 0. The molecule has 2 atom stereocenters. The van der Waals surface area contributed by atoms with Crippen LogP contribution in [0.4, 0.5) is 11.4 Å². The minimum absolute atomic E-state index is 0.0538. The van der Waals surface area contributed by atoms with Gasteiger partial charge in [0.15, 0.2) is 0 Å². The molecule has 4 aromatic rings. The molecular weight excluding hydrogens is 526 g/mol. The first-order chi connectivity index (χ1) is 19.8. The topological polar surface area (TPSA) is 62.7 Å². The molecule has 0 bridgehead atoms. The Labute approximate surface area is 242 Å². The van der Waals surface area contributed by atoms with Gasteiger partial charge >= 0.3 is 0 Å². The number of benzene rings is 3. The fraction of sp³-hybridized carbons (Fsp3) is 0.265. The first-order valence-electron chi connectivity index (χ1n) is 14.2. The molecule has 0 N–H and O–H groups in total. The Kier molecular flexibility index (Phi) is 7.32. The number of rotatable bonds is 9. The number of hydrogen-bond acceptors (Lipinski definition) is 4. The van der Waals surface area contributed by atoms with Crippen molar-refractivity contribution in [3.8, 4) is 11.1 Å². The maximum atomic E-state index is 14.4. The molecule has 0 radical (unpaired) electrons. The molecule has 0 saturated heterocycles. The van der Waals surface area contributed by atoms with Gasteiger partial charge in [-0.3, -0.25) is 19.5 Å². The van der Waals surface area contributed by atoms with Gasteiger partial charge in [-0.2, -0.15) is 0 Å². The molecule has 1 aromatic heterocycles. The van der Waals surface area contributed by atoms with Gasteiger partial charge < -0.3 is 9.64 Å². The molecular formula is C34H35N3O3Si. The highest BCUT2D eigenvalue weighted by molar-refractivity contribution is 6.76. The van der Waals surface area contributed by atoms with Crippen molar-refractivity contribution < 1.29 is 14.3 Å². The highest BCUT2D eigenvalue weighted by Crippen LogP contribution is 2.52. The number of anilines is 2. The van der Waals surface area contributed by atoms with Crippen LogP contribution in [0.1, 0.15) is 28.5 Å². The Morgan fingerprint density at radius 3 is 2.22 bits per heavy atom. The predicted molar refractivity (Wildman–Crippen MR) is 166 cm³/mol. The molecule has 208 valence electrons. The number of ether oxygens (including phenoxy) is 1. The van der Waals surface area contributed by atoms with Crippen LogP contribution in [0.3, 0.4) is 0 Å². The molecule has 0 spiro atoms. The zero-order chi connectivity index (χ0) is 28.6. The lowest BCUT2D eigenvalue weighted by Crippen LogP contribution is -2.36. The van der Waals surface area contributed by atoms with Gasteiger partial charge in [0.1, 0.15) is 6.73 Å². The lowest BCUT2D eigenvalue weighted by atomic mass is 9.82. The van der Waals surface area contributed by atoms with Gasteiger partial charge in [-0.15, -0.1) is 0 Å². The fourth-order valence-corrected chi connectivity index (χ4v) is 6.60. The van der Waals surface area contributed by atoms with Crippen molar-refractivity contribution in [3.05, 3.63) is 114 Å². The van der Waals surface area contributed by atoms with E-state index in [-0.39, 0.29) is 18.5 Å². The van der Waals surface area contributed by atoms with Crippen LogP contribution >= 0.6 is 0 Å². The van der Waals surface area contributed by atoms with Gasteiger partial charge in [-0.25, -0.2) is 0 Å². The molecule has 3 aromatic carbocycles. The molecule has 0 fully saturated rings. The number of fused-ring (bicyclic) bond motifs is 2. The highest BCUT2D eigenvalue weighted by atomic mass is 28.3. The molecule has 6 nitrogen and oxygen atoms in total. The molecule has 3 heterocycles. The van der Waals surface area contributed by atoms with E-state index in [4.69, 9.17) is 4.74 Å². The van der Waals surface area contributed by atoms with Crippen LogP contribution < -0.4 is 9.80 Å². The summed E-state index contributed by atoms with van der Waals surface area (Å²) in [7, 11) is -1.26. The molecule has 2 aliphatic rings. The van der Waals surface area contributed by atoms with Crippen LogP contribution in [0.15, 0.2) is 97.3 Å². The van der Waals surface area contributed by atoms with E-state index in [1.807, 2.05) is 90.0 Å². The second kappa shape index (κ2) is 11.1. The third-order valence-electron chi connectivity index (χ3n) is 8.01. The van der Waals surface area contributed by atoms with Crippen molar-refractivity contribution in [1.82, 2.24) is 4.98 Å². The lowest BCUT2D eigenvalue weighted by molar-refractivity contribution is -0.126. The van der Waals surface area contributed by atoms with Crippen molar-refractivity contribution in [3.63, 3.8) is 0 Å². The predicted octanol–water partition coefficient (Wildman–Crippen LogP) is 6.82. The van der Waals surface area contributed by atoms with E-state index < -0.39 is 19.9 Å². The quantitative estimate of drug-likeness (QED) is 0.166. The van der Waals surface area contributed by atoms with Crippen molar-refractivity contribution in [2.75, 3.05) is 23.1 Å². The average Bonchev–Trinajstić information content (AvgIpc) is 3.40. The van der Waals surface area contributed by atoms with Gasteiger partial charge in [-0.05, 0) is 58.1 Å². The van der Waals surface area contributed by atoms with Crippen molar-refractivity contribution in [2.24, 2.45) is 0 Å². The number of hydrogen-bond donors (Lipinski definition) is 0. The van der Waals surface area contributed by atoms with Gasteiger partial charge in [0.25, 0.3) is 0 Å². The van der Waals surface area contributed by atoms with Crippen molar-refractivity contribution in [1.29, 1.82) is 0 Å². The van der Waals surface area contributed by atoms with Crippen LogP contribution in [-0.2, 0) is 20.9 Å². The first-order valence-corrected chi connectivity index (χ1v) is 17.9. The number of carbonyl (C=O) groups excluding carboxylic acids is 2. The smallest absolute Gasteiger partial charge is 0.237 e. The lowest BCUT2D eigenvalue weighted by Gasteiger charge is -2.22. The normalized spacial score (nSPS) is 18.1. The Bertz CT molecular complexity index is 1570. The molecule has 2 aliphatic heterocycles. The standard InChI is InChI=1S/C34H35N3O3Si/c1-41(2,3)19-18-40-23-37-29-14-8-7-13-27(29)31(34(37)39)32-28-20-25(26-12-9-17-35-21-26)15-16-30(28)36(33(32)38)22-24-10-5-4-6-11-24/h4-17,20-21,31-32H,18-19,22-23H2,1-3H3/t31-,32+/m0/s1. The summed E-state index contributed by atoms with van der Waals surface area (Å²) in [6.45, 7) is 8.19. The number of para-hydroxylation sites is 1. The Morgan fingerprint density at radius 1 is 0.756 bits per heavy atom. The van der Waals surface area contributed by atoms with Crippen molar-refractivity contribution in [2.45, 2.75) is 44.1 Å². The monoisotopic (exact) mass is 561 g/mol. The summed E-state index contributed by atoms with van der Waals surface area (Å²) in [5.41, 5.74) is 6.42. The third-order valence-corrected chi connectivity index (χ3v) is 9.71. The third kappa shape index (κ3) is 5.35. The summed E-state index contributed by atoms with van der Waals surface area (Å²) in [6, 6.07) is 28.9. The largest absolute Gasteiger partial charge is 0.361 e. The summed E-state index contributed by atoms with van der Waals surface area (Å²) in [5.74, 6) is -1.40. The van der Waals surface area contributed by atoms with Gasteiger partial charge in [0.2, 0.25) is 11.8 Å². The molecule has 0 aliphatic carbocycles. The van der Waals surface area contributed by atoms with Crippen molar-refractivity contribution >= 4 is 31.3 Å². The minimum Gasteiger partial charge on any atom is -0.361 e. The minimum atomic E-state index is -1.26. The van der Waals surface area contributed by atoms with Gasteiger partial charge in [0.05, 0.1) is 24.1 Å².